The van der Waals surface area contributed by atoms with Gasteiger partial charge in [0, 0.05) is 35.2 Å². The number of hydrogen-bond donors (Lipinski definition) is 2. The van der Waals surface area contributed by atoms with E-state index >= 15 is 0 Å². The van der Waals surface area contributed by atoms with E-state index in [0.717, 1.165) is 25.0 Å². The van der Waals surface area contributed by atoms with Crippen molar-refractivity contribution in [3.63, 3.8) is 0 Å². The molecule has 2 bridgehead atoms. The first-order valence-corrected chi connectivity index (χ1v) is 10.7. The maximum atomic E-state index is 12.9. The molecule has 2 heterocycles. The number of nitrogens with one attached hydrogen (secondary N) is 1. The molecule has 162 valence electrons. The van der Waals surface area contributed by atoms with Gasteiger partial charge in [0.1, 0.15) is 5.76 Å². The van der Waals surface area contributed by atoms with Crippen LogP contribution in [0.3, 0.4) is 0 Å². The lowest BCUT2D eigenvalue weighted by Gasteiger charge is -2.71. The van der Waals surface area contributed by atoms with Crippen molar-refractivity contribution >= 4 is 17.7 Å². The van der Waals surface area contributed by atoms with Gasteiger partial charge in [0.25, 0.3) is 5.91 Å². The Kier molecular flexibility index (Phi) is 3.98. The lowest BCUT2D eigenvalue weighted by Crippen LogP contribution is -2.68. The normalized spacial score (nSPS) is 24.4. The average Bonchev–Trinajstić information content (AvgIpc) is 3.23. The van der Waals surface area contributed by atoms with E-state index in [1.807, 2.05) is 50.7 Å². The van der Waals surface area contributed by atoms with E-state index in [2.05, 4.69) is 28.4 Å². The van der Waals surface area contributed by atoms with Crippen LogP contribution in [0.5, 0.6) is 0 Å². The fourth-order valence-electron chi connectivity index (χ4n) is 5.47. The Morgan fingerprint density at radius 1 is 1.19 bits per heavy atom. The topological polar surface area (TPSA) is 99.0 Å². The fourth-order valence-corrected chi connectivity index (χ4v) is 5.47. The third kappa shape index (κ3) is 2.90. The summed E-state index contributed by atoms with van der Waals surface area (Å²) in [5.41, 5.74) is 10.5. The predicted molar refractivity (Wildman–Crippen MR) is 119 cm³/mol. The Hall–Kier alpha value is -3.09. The van der Waals surface area contributed by atoms with Crippen molar-refractivity contribution in [1.29, 1.82) is 0 Å². The van der Waals surface area contributed by atoms with Crippen LogP contribution in [-0.4, -0.2) is 20.6 Å². The van der Waals surface area contributed by atoms with Crippen LogP contribution >= 0.6 is 0 Å². The lowest BCUT2D eigenvalue weighted by atomic mass is 9.32. The van der Waals surface area contributed by atoms with Crippen LogP contribution in [0.15, 0.2) is 35.0 Å². The molecule has 0 radical (unpaired) electrons. The van der Waals surface area contributed by atoms with Gasteiger partial charge in [-0.3, -0.25) is 4.79 Å². The van der Waals surface area contributed by atoms with Crippen LogP contribution in [0, 0.1) is 6.92 Å². The smallest absolute Gasteiger partial charge is 0.256 e. The number of amides is 1. The van der Waals surface area contributed by atoms with Crippen LogP contribution in [-0.2, 0) is 23.3 Å². The molecule has 31 heavy (non-hydrogen) atoms. The number of nitrogens with two attached hydrogens (primary N) is 1. The van der Waals surface area contributed by atoms with E-state index in [1.54, 1.807) is 6.07 Å². The van der Waals surface area contributed by atoms with E-state index < -0.39 is 0 Å². The number of carbonyl (C=O) groups excluding carboxylic acids is 1. The standard InChI is InChI=1S/C24H29N5O2/c1-14-6-7-15(20(30)27-19-9-18(31-28-19)22(2,3)4)8-16(14)23-11-24(12-23,13-23)17-10-26-21(25)29(17)5/h6-10H,11-13H2,1-5H3,(H2,25,26)(H,27,28,30). The molecule has 3 fully saturated rings. The number of nitrogens with zero attached hydrogens (tertiary/aromatic N) is 3. The molecule has 1 amide bonds. The van der Waals surface area contributed by atoms with Crippen LogP contribution < -0.4 is 11.1 Å². The number of hydrogen-bond acceptors (Lipinski definition) is 5. The average molecular weight is 420 g/mol. The summed E-state index contributed by atoms with van der Waals surface area (Å²) in [6.45, 7) is 8.25. The molecule has 3 aliphatic carbocycles. The highest BCUT2D eigenvalue weighted by Crippen LogP contribution is 2.74. The van der Waals surface area contributed by atoms with Gasteiger partial charge in [-0.15, -0.1) is 0 Å². The van der Waals surface area contributed by atoms with Crippen LogP contribution in [0.1, 0.15) is 73.0 Å². The Balaban J connectivity index is 1.35. The molecule has 3 N–H and O–H groups in total. The number of rotatable bonds is 4. The first-order chi connectivity index (χ1) is 14.5. The highest BCUT2D eigenvalue weighted by molar-refractivity contribution is 6.04. The monoisotopic (exact) mass is 419 g/mol. The fraction of sp³-hybridized carbons (Fsp3) is 0.458. The minimum atomic E-state index is -0.171. The Morgan fingerprint density at radius 3 is 2.48 bits per heavy atom. The SMILES string of the molecule is Cc1ccc(C(=O)Nc2cc(C(C)(C)C)on2)cc1C12CC(c3cnc(N)n3C)(C1)C2. The Morgan fingerprint density at radius 2 is 1.90 bits per heavy atom. The number of aromatic nitrogens is 3. The summed E-state index contributed by atoms with van der Waals surface area (Å²) < 4.78 is 7.38. The van der Waals surface area contributed by atoms with Gasteiger partial charge in [0.15, 0.2) is 11.8 Å². The molecule has 0 aliphatic heterocycles. The number of nitrogen functional groups attached to an aromatic ring is 1. The van der Waals surface area contributed by atoms with Crippen molar-refractivity contribution < 1.29 is 9.32 Å². The summed E-state index contributed by atoms with van der Waals surface area (Å²) in [4.78, 5) is 17.2. The van der Waals surface area contributed by atoms with E-state index in [9.17, 15) is 4.79 Å². The minimum Gasteiger partial charge on any atom is -0.369 e. The highest BCUT2D eigenvalue weighted by atomic mass is 16.5. The molecule has 1 aromatic carbocycles. The van der Waals surface area contributed by atoms with Crippen LogP contribution in [0.4, 0.5) is 11.8 Å². The molecule has 0 spiro atoms. The zero-order valence-corrected chi connectivity index (χ0v) is 18.7. The van der Waals surface area contributed by atoms with Crippen molar-refractivity contribution in [1.82, 2.24) is 14.7 Å². The minimum absolute atomic E-state index is 0.146. The van der Waals surface area contributed by atoms with Crippen molar-refractivity contribution in [2.75, 3.05) is 11.1 Å². The molecule has 2 aromatic heterocycles. The molecule has 7 nitrogen and oxygen atoms in total. The van der Waals surface area contributed by atoms with Gasteiger partial charge in [-0.1, -0.05) is 32.0 Å². The first-order valence-electron chi connectivity index (χ1n) is 10.7. The van der Waals surface area contributed by atoms with Gasteiger partial charge < -0.3 is 20.1 Å². The van der Waals surface area contributed by atoms with E-state index in [0.29, 0.717) is 17.3 Å². The second-order valence-corrected chi connectivity index (χ2v) is 10.5. The van der Waals surface area contributed by atoms with Gasteiger partial charge in [0.05, 0.1) is 6.20 Å². The third-order valence-electron chi connectivity index (χ3n) is 7.16. The summed E-state index contributed by atoms with van der Waals surface area (Å²) >= 11 is 0. The number of benzene rings is 1. The van der Waals surface area contributed by atoms with Crippen LogP contribution in [0.25, 0.3) is 0 Å². The molecule has 0 atom stereocenters. The number of carbonyl (C=O) groups is 1. The Labute approximate surface area is 182 Å². The van der Waals surface area contributed by atoms with Gasteiger partial charge >= 0.3 is 0 Å². The molecular formula is C24H29N5O2. The maximum Gasteiger partial charge on any atom is 0.256 e. The van der Waals surface area contributed by atoms with Gasteiger partial charge in [-0.05, 0) is 54.9 Å². The quantitative estimate of drug-likeness (QED) is 0.660. The molecule has 3 aliphatic rings. The number of aryl methyl sites for hydroxylation is 1. The largest absolute Gasteiger partial charge is 0.369 e. The maximum absolute atomic E-state index is 12.9. The Bertz CT molecular complexity index is 1180. The summed E-state index contributed by atoms with van der Waals surface area (Å²) in [6.07, 6.45) is 5.13. The van der Waals surface area contributed by atoms with Gasteiger partial charge in [0.2, 0.25) is 0 Å². The molecule has 3 saturated carbocycles. The summed E-state index contributed by atoms with van der Waals surface area (Å²) in [5, 5.41) is 6.87. The summed E-state index contributed by atoms with van der Waals surface area (Å²) in [7, 11) is 1.98. The van der Waals surface area contributed by atoms with Crippen molar-refractivity contribution in [2.45, 2.75) is 63.2 Å². The highest BCUT2D eigenvalue weighted by Gasteiger charge is 2.70. The van der Waals surface area contributed by atoms with E-state index in [4.69, 9.17) is 10.3 Å². The zero-order chi connectivity index (χ0) is 22.2. The first kappa shape index (κ1) is 19.8. The predicted octanol–water partition coefficient (Wildman–Crippen LogP) is 4.22. The third-order valence-corrected chi connectivity index (χ3v) is 7.16. The molecule has 3 aromatic rings. The molecule has 0 saturated heterocycles. The lowest BCUT2D eigenvalue weighted by molar-refractivity contribution is -0.0743. The van der Waals surface area contributed by atoms with Crippen LogP contribution in [0.2, 0.25) is 0 Å². The van der Waals surface area contributed by atoms with Gasteiger partial charge in [-0.2, -0.15) is 0 Å². The van der Waals surface area contributed by atoms with E-state index in [1.165, 1.54) is 16.8 Å². The zero-order valence-electron chi connectivity index (χ0n) is 18.7. The number of anilines is 2. The molecule has 6 rings (SSSR count). The summed E-state index contributed by atoms with van der Waals surface area (Å²) in [5.74, 6) is 1.57. The number of imidazole rings is 1. The molecule has 7 heteroatoms. The van der Waals surface area contributed by atoms with Crippen molar-refractivity contribution in [2.24, 2.45) is 7.05 Å². The van der Waals surface area contributed by atoms with Gasteiger partial charge in [-0.25, -0.2) is 4.98 Å². The van der Waals surface area contributed by atoms with Crippen molar-refractivity contribution in [3.8, 4) is 0 Å². The molecule has 0 unspecified atom stereocenters. The summed E-state index contributed by atoms with van der Waals surface area (Å²) in [6, 6.07) is 7.76. The van der Waals surface area contributed by atoms with E-state index in [-0.39, 0.29) is 22.2 Å². The second-order valence-electron chi connectivity index (χ2n) is 10.5. The van der Waals surface area contributed by atoms with Crippen molar-refractivity contribution in [3.05, 3.63) is 58.6 Å². The second kappa shape index (κ2) is 6.22. The molecular weight excluding hydrogens is 390 g/mol.